The molecule has 2 heteroatoms. The molecule has 0 aromatic rings. The zero-order chi connectivity index (χ0) is 6.85. The summed E-state index contributed by atoms with van der Waals surface area (Å²) in [5.41, 5.74) is 0. The molecule has 54 valence electrons. The quantitative estimate of drug-likeness (QED) is 0.585. The Hall–Kier alpha value is -0.0800. The minimum Gasteiger partial charge on any atom is -0.392 e. The van der Waals surface area contributed by atoms with Gasteiger partial charge in [-0.3, -0.25) is 4.90 Å². The molecule has 1 rings (SSSR count). The summed E-state index contributed by atoms with van der Waals surface area (Å²) in [6.45, 7) is 6.27. The van der Waals surface area contributed by atoms with Crippen LogP contribution in [0.15, 0.2) is 0 Å². The Kier molecular flexibility index (Phi) is 2.09. The molecule has 0 amide bonds. The summed E-state index contributed by atoms with van der Waals surface area (Å²) >= 11 is 0. The van der Waals surface area contributed by atoms with Crippen LogP contribution in [0.1, 0.15) is 20.3 Å². The molecule has 0 saturated carbocycles. The van der Waals surface area contributed by atoms with E-state index in [2.05, 4.69) is 11.8 Å². The summed E-state index contributed by atoms with van der Waals surface area (Å²) in [5.74, 6) is 0. The maximum absolute atomic E-state index is 9.11. The van der Waals surface area contributed by atoms with Crippen LogP contribution in [-0.4, -0.2) is 35.2 Å². The fraction of sp³-hybridized carbons (Fsp3) is 1.00. The molecular weight excluding hydrogens is 114 g/mol. The highest BCUT2D eigenvalue weighted by molar-refractivity contribution is 4.77. The lowest BCUT2D eigenvalue weighted by Crippen LogP contribution is -2.48. The number of aliphatic hydroxyl groups is 1. The number of likely N-dealkylation sites (tertiary alicyclic amines) is 1. The molecule has 1 aliphatic heterocycles. The molecule has 2 atom stereocenters. The minimum atomic E-state index is -0.176. The molecule has 0 bridgehead atoms. The summed E-state index contributed by atoms with van der Waals surface area (Å²) in [6, 6.07) is 0.360. The zero-order valence-corrected chi connectivity index (χ0v) is 6.17. The molecule has 0 aromatic heterocycles. The van der Waals surface area contributed by atoms with Crippen LogP contribution in [-0.2, 0) is 0 Å². The molecule has 0 aliphatic carbocycles. The largest absolute Gasteiger partial charge is 0.392 e. The summed E-state index contributed by atoms with van der Waals surface area (Å²) in [6.07, 6.45) is 1.13. The number of nitrogens with zero attached hydrogens (tertiary/aromatic N) is 1. The molecule has 0 radical (unpaired) electrons. The third kappa shape index (κ3) is 1.43. The average molecular weight is 129 g/mol. The van der Waals surface area contributed by atoms with Gasteiger partial charge >= 0.3 is 0 Å². The fourth-order valence-corrected chi connectivity index (χ4v) is 1.05. The highest BCUT2D eigenvalue weighted by Gasteiger charge is 2.22. The van der Waals surface area contributed by atoms with Crippen molar-refractivity contribution in [3.8, 4) is 0 Å². The Morgan fingerprint density at radius 3 is 2.00 bits per heavy atom. The Bertz CT molecular complexity index is 88.9. The molecule has 1 N–H and O–H groups in total. The summed E-state index contributed by atoms with van der Waals surface area (Å²) < 4.78 is 0. The highest BCUT2D eigenvalue weighted by Crippen LogP contribution is 2.12. The van der Waals surface area contributed by atoms with Gasteiger partial charge in [-0.2, -0.15) is 0 Å². The number of hydrogen-bond acceptors (Lipinski definition) is 2. The van der Waals surface area contributed by atoms with Gasteiger partial charge in [-0.1, -0.05) is 0 Å². The summed E-state index contributed by atoms with van der Waals surface area (Å²) in [4.78, 5) is 2.30. The first-order valence-electron chi connectivity index (χ1n) is 3.64. The van der Waals surface area contributed by atoms with Gasteiger partial charge in [-0.05, 0) is 33.4 Å². The summed E-state index contributed by atoms with van der Waals surface area (Å²) in [7, 11) is 0. The topological polar surface area (TPSA) is 23.5 Å². The molecule has 2 unspecified atom stereocenters. The van der Waals surface area contributed by atoms with Crippen LogP contribution in [0.2, 0.25) is 0 Å². The van der Waals surface area contributed by atoms with E-state index in [1.54, 1.807) is 0 Å². The van der Waals surface area contributed by atoms with Gasteiger partial charge < -0.3 is 5.11 Å². The van der Waals surface area contributed by atoms with Crippen molar-refractivity contribution in [2.24, 2.45) is 0 Å². The Balaban J connectivity index is 2.23. The molecule has 1 aliphatic rings. The lowest BCUT2D eigenvalue weighted by molar-refractivity contribution is 0.0346. The van der Waals surface area contributed by atoms with Crippen LogP contribution in [0.5, 0.6) is 0 Å². The van der Waals surface area contributed by atoms with Crippen LogP contribution in [0.3, 0.4) is 0 Å². The van der Waals surface area contributed by atoms with Crippen molar-refractivity contribution in [1.29, 1.82) is 0 Å². The molecule has 0 spiro atoms. The first kappa shape index (κ1) is 7.03. The van der Waals surface area contributed by atoms with E-state index in [-0.39, 0.29) is 6.10 Å². The fourth-order valence-electron chi connectivity index (χ4n) is 1.05. The average Bonchev–Trinajstić information content (AvgIpc) is 1.60. The first-order chi connectivity index (χ1) is 4.22. The van der Waals surface area contributed by atoms with Gasteiger partial charge in [0, 0.05) is 6.04 Å². The van der Waals surface area contributed by atoms with E-state index in [0.717, 1.165) is 0 Å². The second kappa shape index (κ2) is 2.67. The maximum Gasteiger partial charge on any atom is 0.0664 e. The van der Waals surface area contributed by atoms with Crippen LogP contribution >= 0.6 is 0 Å². The zero-order valence-electron chi connectivity index (χ0n) is 6.17. The van der Waals surface area contributed by atoms with E-state index in [1.165, 1.54) is 19.5 Å². The number of rotatable bonds is 2. The van der Waals surface area contributed by atoms with Crippen LogP contribution in [0.25, 0.3) is 0 Å². The molecule has 2 nitrogen and oxygen atoms in total. The molecular formula is C7H15NO. The van der Waals surface area contributed by atoms with Gasteiger partial charge in [-0.25, -0.2) is 0 Å². The van der Waals surface area contributed by atoms with E-state index in [9.17, 15) is 0 Å². The normalized spacial score (nSPS) is 27.0. The van der Waals surface area contributed by atoms with Crippen LogP contribution < -0.4 is 0 Å². The predicted octanol–water partition coefficient (Wildman–Crippen LogP) is 0.461. The monoisotopic (exact) mass is 129 g/mol. The predicted molar refractivity (Wildman–Crippen MR) is 37.3 cm³/mol. The van der Waals surface area contributed by atoms with Crippen molar-refractivity contribution in [1.82, 2.24) is 4.90 Å². The van der Waals surface area contributed by atoms with Crippen molar-refractivity contribution < 1.29 is 5.11 Å². The third-order valence-electron chi connectivity index (χ3n) is 2.16. The van der Waals surface area contributed by atoms with E-state index in [0.29, 0.717) is 6.04 Å². The van der Waals surface area contributed by atoms with E-state index >= 15 is 0 Å². The van der Waals surface area contributed by atoms with E-state index in [4.69, 9.17) is 5.11 Å². The first-order valence-corrected chi connectivity index (χ1v) is 3.64. The van der Waals surface area contributed by atoms with Crippen LogP contribution in [0.4, 0.5) is 0 Å². The van der Waals surface area contributed by atoms with Gasteiger partial charge in [0.15, 0.2) is 0 Å². The molecule has 1 fully saturated rings. The van der Waals surface area contributed by atoms with E-state index < -0.39 is 0 Å². The highest BCUT2D eigenvalue weighted by atomic mass is 16.3. The van der Waals surface area contributed by atoms with Crippen molar-refractivity contribution >= 4 is 0 Å². The summed E-state index contributed by atoms with van der Waals surface area (Å²) in [5, 5.41) is 9.11. The van der Waals surface area contributed by atoms with Crippen molar-refractivity contribution in [3.05, 3.63) is 0 Å². The van der Waals surface area contributed by atoms with Gasteiger partial charge in [0.2, 0.25) is 0 Å². The Labute approximate surface area is 56.5 Å². The Morgan fingerprint density at radius 2 is 1.89 bits per heavy atom. The third-order valence-corrected chi connectivity index (χ3v) is 2.16. The molecule has 9 heavy (non-hydrogen) atoms. The number of aliphatic hydroxyl groups excluding tert-OH is 1. The van der Waals surface area contributed by atoms with Crippen LogP contribution in [0, 0.1) is 0 Å². The molecule has 0 aromatic carbocycles. The van der Waals surface area contributed by atoms with Gasteiger partial charge in [0.05, 0.1) is 6.10 Å². The van der Waals surface area contributed by atoms with Gasteiger partial charge in [-0.15, -0.1) is 0 Å². The second-order valence-electron chi connectivity index (χ2n) is 2.87. The Morgan fingerprint density at radius 1 is 1.33 bits per heavy atom. The second-order valence-corrected chi connectivity index (χ2v) is 2.87. The van der Waals surface area contributed by atoms with Crippen molar-refractivity contribution in [2.45, 2.75) is 32.4 Å². The van der Waals surface area contributed by atoms with Crippen molar-refractivity contribution in [3.63, 3.8) is 0 Å². The molecule has 1 saturated heterocycles. The smallest absolute Gasteiger partial charge is 0.0664 e. The van der Waals surface area contributed by atoms with Gasteiger partial charge in [0.25, 0.3) is 0 Å². The lowest BCUT2D eigenvalue weighted by atomic mass is 10.1. The van der Waals surface area contributed by atoms with Crippen molar-refractivity contribution in [2.75, 3.05) is 13.1 Å². The van der Waals surface area contributed by atoms with E-state index in [1.807, 2.05) is 6.92 Å². The SMILES string of the molecule is CC(O)C(C)N1CCC1. The lowest BCUT2D eigenvalue weighted by Gasteiger charge is -2.37. The molecule has 1 heterocycles. The number of hydrogen-bond donors (Lipinski definition) is 1. The standard InChI is InChI=1S/C7H15NO/c1-6(7(2)9)8-4-3-5-8/h6-7,9H,3-5H2,1-2H3. The maximum atomic E-state index is 9.11. The minimum absolute atomic E-state index is 0.176. The van der Waals surface area contributed by atoms with Gasteiger partial charge in [0.1, 0.15) is 0 Å².